The van der Waals surface area contributed by atoms with Crippen LogP contribution in [0.2, 0.25) is 5.02 Å². The van der Waals surface area contributed by atoms with Gasteiger partial charge in [0.1, 0.15) is 12.5 Å². The predicted octanol–water partition coefficient (Wildman–Crippen LogP) is 5.37. The summed E-state index contributed by atoms with van der Waals surface area (Å²) in [5.41, 5.74) is -2.92. The third kappa shape index (κ3) is 5.01. The molecular weight excluding hydrogens is 525 g/mol. The Morgan fingerprint density at radius 3 is 2.34 bits per heavy atom. The molecule has 1 fully saturated rings. The second kappa shape index (κ2) is 10.5. The number of Topliss-reactive ketones (excluding diaryl/α,β-unsaturated/α-hetero) is 1. The molecule has 0 bridgehead atoms. The molecule has 1 saturated heterocycles. The minimum absolute atomic E-state index is 0.0513. The Morgan fingerprint density at radius 1 is 1.08 bits per heavy atom. The third-order valence-electron chi connectivity index (χ3n) is 6.47. The Labute approximate surface area is 221 Å². The van der Waals surface area contributed by atoms with Gasteiger partial charge in [-0.15, -0.1) is 0 Å². The standard InChI is InChI=1S/C27H24ClF3N2O5/c1-33-25(35)32-23(22(26(33,36)27(29,30)31)24(34)17-6-4-3-5-7-17)18-10-13-20(21(14-18)37-2)38-15-16-8-11-19(28)12-9-16/h3-14,22-23,36H,15H2,1-2H3,(H,32,35)/t22-,23-,26+/m0/s1. The van der Waals surface area contributed by atoms with E-state index in [-0.39, 0.29) is 34.1 Å². The number of hydrogen-bond acceptors (Lipinski definition) is 5. The molecule has 2 amide bonds. The lowest BCUT2D eigenvalue weighted by atomic mass is 9.76. The quantitative estimate of drug-likeness (QED) is 0.387. The fraction of sp³-hybridized carbons (Fsp3) is 0.259. The maximum absolute atomic E-state index is 14.4. The van der Waals surface area contributed by atoms with Crippen molar-refractivity contribution in [1.29, 1.82) is 0 Å². The smallest absolute Gasteiger partial charge is 0.437 e. The molecule has 3 atom stereocenters. The first-order valence-electron chi connectivity index (χ1n) is 11.4. The van der Waals surface area contributed by atoms with Gasteiger partial charge in [0.2, 0.25) is 0 Å². The minimum Gasteiger partial charge on any atom is -0.493 e. The Kier molecular flexibility index (Phi) is 7.57. The number of methoxy groups -OCH3 is 1. The van der Waals surface area contributed by atoms with Crippen LogP contribution < -0.4 is 14.8 Å². The molecule has 1 aliphatic rings. The van der Waals surface area contributed by atoms with Gasteiger partial charge in [-0.2, -0.15) is 13.2 Å². The van der Waals surface area contributed by atoms with Crippen LogP contribution in [-0.4, -0.2) is 47.9 Å². The molecular formula is C27H24ClF3N2O5. The first kappa shape index (κ1) is 27.3. The second-order valence-electron chi connectivity index (χ2n) is 8.74. The lowest BCUT2D eigenvalue weighted by Crippen LogP contribution is -2.72. The third-order valence-corrected chi connectivity index (χ3v) is 6.73. The van der Waals surface area contributed by atoms with Crippen LogP contribution in [0, 0.1) is 5.92 Å². The summed E-state index contributed by atoms with van der Waals surface area (Å²) in [6.07, 6.45) is -5.35. The fourth-order valence-corrected chi connectivity index (χ4v) is 4.53. The molecule has 0 saturated carbocycles. The van der Waals surface area contributed by atoms with Crippen molar-refractivity contribution in [2.45, 2.75) is 24.6 Å². The minimum atomic E-state index is -5.35. The number of halogens is 4. The number of benzene rings is 3. The van der Waals surface area contributed by atoms with Crippen LogP contribution in [-0.2, 0) is 6.61 Å². The Balaban J connectivity index is 1.75. The number of amides is 2. The van der Waals surface area contributed by atoms with Crippen molar-refractivity contribution in [1.82, 2.24) is 10.2 Å². The van der Waals surface area contributed by atoms with Gasteiger partial charge in [0.05, 0.1) is 13.2 Å². The Morgan fingerprint density at radius 2 is 1.74 bits per heavy atom. The van der Waals surface area contributed by atoms with E-state index < -0.39 is 35.7 Å². The van der Waals surface area contributed by atoms with E-state index >= 15 is 0 Å². The summed E-state index contributed by atoms with van der Waals surface area (Å²) in [4.78, 5) is 26.2. The molecule has 3 aromatic carbocycles. The van der Waals surface area contributed by atoms with E-state index in [1.54, 1.807) is 30.3 Å². The molecule has 0 aliphatic carbocycles. The zero-order valence-electron chi connectivity index (χ0n) is 20.3. The van der Waals surface area contributed by atoms with Gasteiger partial charge in [-0.05, 0) is 35.4 Å². The molecule has 1 heterocycles. The molecule has 38 heavy (non-hydrogen) atoms. The van der Waals surface area contributed by atoms with Gasteiger partial charge in [0, 0.05) is 17.6 Å². The summed E-state index contributed by atoms with van der Waals surface area (Å²) >= 11 is 5.90. The first-order valence-corrected chi connectivity index (χ1v) is 11.8. The average Bonchev–Trinajstić information content (AvgIpc) is 2.90. The molecule has 200 valence electrons. The van der Waals surface area contributed by atoms with E-state index in [0.29, 0.717) is 5.02 Å². The second-order valence-corrected chi connectivity index (χ2v) is 9.18. The van der Waals surface area contributed by atoms with Crippen LogP contribution in [0.3, 0.4) is 0 Å². The number of nitrogens with zero attached hydrogens (tertiary/aromatic N) is 1. The molecule has 0 unspecified atom stereocenters. The van der Waals surface area contributed by atoms with Crippen LogP contribution >= 0.6 is 11.6 Å². The molecule has 2 N–H and O–H groups in total. The zero-order valence-corrected chi connectivity index (χ0v) is 21.1. The highest BCUT2D eigenvalue weighted by molar-refractivity contribution is 6.30. The summed E-state index contributed by atoms with van der Waals surface area (Å²) in [5, 5.41) is 14.0. The number of carbonyl (C=O) groups is 2. The summed E-state index contributed by atoms with van der Waals surface area (Å²) in [7, 11) is 2.14. The van der Waals surface area contributed by atoms with Crippen molar-refractivity contribution in [3.05, 3.63) is 94.5 Å². The molecule has 1 aliphatic heterocycles. The monoisotopic (exact) mass is 548 g/mol. The molecule has 3 aromatic rings. The summed E-state index contributed by atoms with van der Waals surface area (Å²) in [6, 6.07) is 15.7. The Bertz CT molecular complexity index is 1320. The van der Waals surface area contributed by atoms with Crippen molar-refractivity contribution < 1.29 is 37.3 Å². The molecule has 0 aromatic heterocycles. The SMILES string of the molecule is COc1cc([C@@H]2NC(=O)N(C)[C@](O)(C(F)(F)F)[C@@H]2C(=O)c2ccccc2)ccc1OCc1ccc(Cl)cc1. The van der Waals surface area contributed by atoms with Crippen molar-refractivity contribution in [2.75, 3.05) is 14.2 Å². The van der Waals surface area contributed by atoms with Gasteiger partial charge in [-0.25, -0.2) is 4.79 Å². The maximum atomic E-state index is 14.4. The lowest BCUT2D eigenvalue weighted by molar-refractivity contribution is -0.322. The van der Waals surface area contributed by atoms with Gasteiger partial charge in [-0.3, -0.25) is 9.69 Å². The average molecular weight is 549 g/mol. The van der Waals surface area contributed by atoms with Crippen LogP contribution in [0.5, 0.6) is 11.5 Å². The number of carbonyl (C=O) groups excluding carboxylic acids is 2. The molecule has 7 nitrogen and oxygen atoms in total. The van der Waals surface area contributed by atoms with Gasteiger partial charge < -0.3 is 19.9 Å². The number of urea groups is 1. The van der Waals surface area contributed by atoms with Crippen LogP contribution in [0.1, 0.15) is 27.5 Å². The number of rotatable bonds is 7. The highest BCUT2D eigenvalue weighted by Gasteiger charge is 2.69. The first-order chi connectivity index (χ1) is 18.0. The number of nitrogens with one attached hydrogen (secondary N) is 1. The summed E-state index contributed by atoms with van der Waals surface area (Å²) in [5.74, 6) is -2.70. The van der Waals surface area contributed by atoms with Crippen molar-refractivity contribution in [3.63, 3.8) is 0 Å². The van der Waals surface area contributed by atoms with E-state index in [1.165, 1.54) is 49.6 Å². The van der Waals surface area contributed by atoms with Crippen LogP contribution in [0.25, 0.3) is 0 Å². The normalized spacial score (nSPS) is 21.6. The van der Waals surface area contributed by atoms with E-state index in [0.717, 1.165) is 12.6 Å². The van der Waals surface area contributed by atoms with E-state index in [2.05, 4.69) is 5.32 Å². The van der Waals surface area contributed by atoms with Crippen molar-refractivity contribution in [3.8, 4) is 11.5 Å². The summed E-state index contributed by atoms with van der Waals surface area (Å²) < 4.78 is 54.4. The highest BCUT2D eigenvalue weighted by atomic mass is 35.5. The van der Waals surface area contributed by atoms with Crippen molar-refractivity contribution >= 4 is 23.4 Å². The largest absolute Gasteiger partial charge is 0.493 e. The molecule has 11 heteroatoms. The number of ketones is 1. The number of hydrogen-bond donors (Lipinski definition) is 2. The number of aliphatic hydroxyl groups is 1. The summed E-state index contributed by atoms with van der Waals surface area (Å²) in [6.45, 7) is 0.154. The zero-order chi connectivity index (χ0) is 27.7. The fourth-order valence-electron chi connectivity index (χ4n) is 4.41. The van der Waals surface area contributed by atoms with Gasteiger partial charge in [0.15, 0.2) is 17.3 Å². The lowest BCUT2D eigenvalue weighted by Gasteiger charge is -2.49. The van der Waals surface area contributed by atoms with E-state index in [4.69, 9.17) is 21.1 Å². The van der Waals surface area contributed by atoms with E-state index in [1.807, 2.05) is 0 Å². The maximum Gasteiger partial charge on any atom is 0.437 e. The number of alkyl halides is 3. The molecule has 0 spiro atoms. The molecule has 0 radical (unpaired) electrons. The van der Waals surface area contributed by atoms with Gasteiger partial charge in [0.25, 0.3) is 5.72 Å². The number of ether oxygens (including phenoxy) is 2. The molecule has 4 rings (SSSR count). The Hall–Kier alpha value is -3.76. The van der Waals surface area contributed by atoms with Crippen LogP contribution in [0.15, 0.2) is 72.8 Å². The van der Waals surface area contributed by atoms with Crippen molar-refractivity contribution in [2.24, 2.45) is 5.92 Å². The van der Waals surface area contributed by atoms with E-state index in [9.17, 15) is 27.9 Å². The predicted molar refractivity (Wildman–Crippen MR) is 133 cm³/mol. The highest BCUT2D eigenvalue weighted by Crippen LogP contribution is 2.48. The van der Waals surface area contributed by atoms with Gasteiger partial charge in [-0.1, -0.05) is 60.1 Å². The van der Waals surface area contributed by atoms with Gasteiger partial charge >= 0.3 is 12.2 Å². The topological polar surface area (TPSA) is 88.1 Å². The van der Waals surface area contributed by atoms with Crippen LogP contribution in [0.4, 0.5) is 18.0 Å².